The number of nitrogens with zero attached hydrogens (tertiary/aromatic N) is 2. The fourth-order valence-corrected chi connectivity index (χ4v) is 4.90. The molecule has 162 valence electrons. The van der Waals surface area contributed by atoms with Gasteiger partial charge in [0, 0.05) is 21.5 Å². The van der Waals surface area contributed by atoms with Crippen molar-refractivity contribution in [1.29, 1.82) is 0 Å². The van der Waals surface area contributed by atoms with Gasteiger partial charge in [0.15, 0.2) is 0 Å². The van der Waals surface area contributed by atoms with Gasteiger partial charge < -0.3 is 9.67 Å². The Morgan fingerprint density at radius 1 is 1.09 bits per heavy atom. The van der Waals surface area contributed by atoms with Crippen molar-refractivity contribution in [3.8, 4) is 5.69 Å². The average Bonchev–Trinajstić information content (AvgIpc) is 3.19. The van der Waals surface area contributed by atoms with E-state index in [1.807, 2.05) is 48.7 Å². The zero-order valence-electron chi connectivity index (χ0n) is 17.3. The Morgan fingerprint density at radius 2 is 1.78 bits per heavy atom. The van der Waals surface area contributed by atoms with Gasteiger partial charge >= 0.3 is 5.97 Å². The molecule has 1 N–H and O–H groups in total. The van der Waals surface area contributed by atoms with E-state index in [2.05, 4.69) is 15.9 Å². The number of aromatic carboxylic acids is 1. The van der Waals surface area contributed by atoms with Crippen LogP contribution in [0.4, 0.5) is 4.79 Å². The van der Waals surface area contributed by atoms with Crippen molar-refractivity contribution in [2.75, 3.05) is 0 Å². The van der Waals surface area contributed by atoms with Gasteiger partial charge in [0.25, 0.3) is 11.1 Å². The quantitative estimate of drug-likeness (QED) is 0.439. The molecular formula is C24H19BrN2O4S. The molecule has 2 amide bonds. The summed E-state index contributed by atoms with van der Waals surface area (Å²) in [5.41, 5.74) is 4.56. The number of hydrogen-bond acceptors (Lipinski definition) is 4. The van der Waals surface area contributed by atoms with E-state index in [0.717, 1.165) is 44.4 Å². The molecule has 0 atom stereocenters. The molecule has 2 heterocycles. The van der Waals surface area contributed by atoms with Crippen LogP contribution in [-0.2, 0) is 11.3 Å². The summed E-state index contributed by atoms with van der Waals surface area (Å²) >= 11 is 4.40. The lowest BCUT2D eigenvalue weighted by atomic mass is 10.2. The second-order valence-corrected chi connectivity index (χ2v) is 9.22. The number of carboxylic acids is 1. The van der Waals surface area contributed by atoms with Crippen LogP contribution in [0.15, 0.2) is 64.0 Å². The summed E-state index contributed by atoms with van der Waals surface area (Å²) in [6, 6.07) is 16.1. The molecule has 1 aliphatic heterocycles. The molecule has 0 radical (unpaired) electrons. The third-order valence-electron chi connectivity index (χ3n) is 5.29. The van der Waals surface area contributed by atoms with Crippen LogP contribution in [0.5, 0.6) is 0 Å². The second kappa shape index (κ2) is 8.80. The molecular weight excluding hydrogens is 492 g/mol. The normalized spacial score (nSPS) is 15.1. The van der Waals surface area contributed by atoms with Gasteiger partial charge in [0.1, 0.15) is 0 Å². The number of aromatic nitrogens is 1. The van der Waals surface area contributed by atoms with Crippen molar-refractivity contribution in [1.82, 2.24) is 9.47 Å². The molecule has 0 saturated carbocycles. The molecule has 6 nitrogen and oxygen atoms in total. The number of imide groups is 1. The molecule has 0 spiro atoms. The van der Waals surface area contributed by atoms with Gasteiger partial charge in [-0.3, -0.25) is 14.5 Å². The highest BCUT2D eigenvalue weighted by Gasteiger charge is 2.35. The van der Waals surface area contributed by atoms with Crippen LogP contribution in [0.2, 0.25) is 0 Å². The fraction of sp³-hybridized carbons (Fsp3) is 0.125. The van der Waals surface area contributed by atoms with E-state index in [-0.39, 0.29) is 23.3 Å². The van der Waals surface area contributed by atoms with Crippen molar-refractivity contribution in [3.63, 3.8) is 0 Å². The van der Waals surface area contributed by atoms with Crippen LogP contribution in [-0.4, -0.2) is 31.7 Å². The number of thioether (sulfide) groups is 1. The molecule has 3 aromatic rings. The topological polar surface area (TPSA) is 79.6 Å². The first-order valence-corrected chi connectivity index (χ1v) is 11.4. The Balaban J connectivity index is 1.62. The molecule has 1 fully saturated rings. The molecule has 1 aromatic heterocycles. The van der Waals surface area contributed by atoms with Gasteiger partial charge in [-0.05, 0) is 79.2 Å². The predicted molar refractivity (Wildman–Crippen MR) is 128 cm³/mol. The molecule has 8 heteroatoms. The number of amides is 2. The van der Waals surface area contributed by atoms with Crippen molar-refractivity contribution < 1.29 is 19.5 Å². The van der Waals surface area contributed by atoms with Crippen molar-refractivity contribution in [2.24, 2.45) is 0 Å². The Hall–Kier alpha value is -3.10. The lowest BCUT2D eigenvalue weighted by Crippen LogP contribution is -2.27. The summed E-state index contributed by atoms with van der Waals surface area (Å²) in [4.78, 5) is 38.2. The zero-order chi connectivity index (χ0) is 23.0. The van der Waals surface area contributed by atoms with Gasteiger partial charge in [0.05, 0.1) is 17.0 Å². The van der Waals surface area contributed by atoms with Gasteiger partial charge in [-0.15, -0.1) is 0 Å². The first-order valence-electron chi connectivity index (χ1n) is 9.77. The van der Waals surface area contributed by atoms with Crippen LogP contribution in [0, 0.1) is 13.8 Å². The van der Waals surface area contributed by atoms with E-state index >= 15 is 0 Å². The predicted octanol–water partition coefficient (Wildman–Crippen LogP) is 5.79. The molecule has 32 heavy (non-hydrogen) atoms. The van der Waals surface area contributed by atoms with Crippen LogP contribution >= 0.6 is 27.7 Å². The van der Waals surface area contributed by atoms with Gasteiger partial charge in [-0.2, -0.15) is 0 Å². The number of aryl methyl sites for hydroxylation is 1. The molecule has 1 aliphatic rings. The number of carbonyl (C=O) groups excluding carboxylic acids is 2. The molecule has 0 bridgehead atoms. The summed E-state index contributed by atoms with van der Waals surface area (Å²) in [5.74, 6) is -1.29. The Labute approximate surface area is 197 Å². The maximum atomic E-state index is 12.9. The Bertz CT molecular complexity index is 1280. The van der Waals surface area contributed by atoms with Crippen molar-refractivity contribution in [2.45, 2.75) is 20.4 Å². The van der Waals surface area contributed by atoms with Crippen LogP contribution in [0.3, 0.4) is 0 Å². The first-order chi connectivity index (χ1) is 15.3. The van der Waals surface area contributed by atoms with Gasteiger partial charge in [-0.1, -0.05) is 34.1 Å². The van der Waals surface area contributed by atoms with Crippen LogP contribution in [0.1, 0.15) is 32.9 Å². The highest BCUT2D eigenvalue weighted by Crippen LogP contribution is 2.35. The summed E-state index contributed by atoms with van der Waals surface area (Å²) in [6.45, 7) is 4.07. The third-order valence-corrected chi connectivity index (χ3v) is 6.97. The van der Waals surface area contributed by atoms with Crippen molar-refractivity contribution in [3.05, 3.63) is 92.1 Å². The number of rotatable bonds is 5. The molecule has 1 saturated heterocycles. The van der Waals surface area contributed by atoms with E-state index in [0.29, 0.717) is 4.91 Å². The van der Waals surface area contributed by atoms with E-state index in [4.69, 9.17) is 5.11 Å². The summed E-state index contributed by atoms with van der Waals surface area (Å²) in [6.07, 6.45) is 1.75. The minimum atomic E-state index is -0.976. The molecule has 0 unspecified atom stereocenters. The van der Waals surface area contributed by atoms with E-state index in [1.165, 1.54) is 4.90 Å². The maximum Gasteiger partial charge on any atom is 0.335 e. The smallest absolute Gasteiger partial charge is 0.335 e. The number of hydrogen-bond donors (Lipinski definition) is 1. The highest BCUT2D eigenvalue weighted by molar-refractivity contribution is 9.10. The second-order valence-electron chi connectivity index (χ2n) is 7.37. The SMILES string of the molecule is Cc1cc(/C=C2/SC(=O)N(Cc3ccccc3Br)C2=O)c(C)n1-c1ccc(C(=O)O)cc1. The van der Waals surface area contributed by atoms with Crippen LogP contribution in [0.25, 0.3) is 11.8 Å². The third kappa shape index (κ3) is 4.16. The monoisotopic (exact) mass is 510 g/mol. The minimum Gasteiger partial charge on any atom is -0.478 e. The molecule has 0 aliphatic carbocycles. The van der Waals surface area contributed by atoms with Crippen LogP contribution < -0.4 is 0 Å². The largest absolute Gasteiger partial charge is 0.478 e. The van der Waals surface area contributed by atoms with Gasteiger partial charge in [0.2, 0.25) is 0 Å². The summed E-state index contributed by atoms with van der Waals surface area (Å²) < 4.78 is 2.84. The molecule has 4 rings (SSSR count). The maximum absolute atomic E-state index is 12.9. The highest BCUT2D eigenvalue weighted by atomic mass is 79.9. The molecule has 2 aromatic carbocycles. The Kier molecular flexibility index (Phi) is 6.08. The first kappa shape index (κ1) is 22.1. The number of benzene rings is 2. The average molecular weight is 511 g/mol. The van der Waals surface area contributed by atoms with Gasteiger partial charge in [-0.25, -0.2) is 4.79 Å². The Morgan fingerprint density at radius 3 is 2.44 bits per heavy atom. The minimum absolute atomic E-state index is 0.207. The summed E-state index contributed by atoms with van der Waals surface area (Å²) in [7, 11) is 0. The number of carboxylic acid groups (broad SMARTS) is 1. The lowest BCUT2D eigenvalue weighted by Gasteiger charge is -2.13. The van der Waals surface area contributed by atoms with E-state index in [1.54, 1.807) is 30.3 Å². The fourth-order valence-electron chi connectivity index (χ4n) is 3.66. The zero-order valence-corrected chi connectivity index (χ0v) is 19.7. The van der Waals surface area contributed by atoms with Crippen molar-refractivity contribution >= 4 is 50.9 Å². The number of carbonyl (C=O) groups is 3. The summed E-state index contributed by atoms with van der Waals surface area (Å²) in [5, 5.41) is 8.82. The number of halogens is 1. The standard InChI is InChI=1S/C24H19BrN2O4S/c1-14-11-18(15(2)27(14)19-9-7-16(8-10-19)23(29)30)12-21-22(28)26(24(31)32-21)13-17-5-3-4-6-20(17)25/h3-12H,13H2,1-2H3,(H,29,30)/b21-12+. The lowest BCUT2D eigenvalue weighted by molar-refractivity contribution is -0.123. The van der Waals surface area contributed by atoms with E-state index < -0.39 is 5.97 Å². The van der Waals surface area contributed by atoms with E-state index in [9.17, 15) is 14.4 Å².